The van der Waals surface area contributed by atoms with Crippen LogP contribution in [0.2, 0.25) is 0 Å². The van der Waals surface area contributed by atoms with Crippen LogP contribution in [0.4, 0.5) is 0 Å². The van der Waals surface area contributed by atoms with E-state index in [4.69, 9.17) is 71.1 Å². The molecule has 0 aromatic carbocycles. The number of hydrogen-bond donors (Lipinski definition) is 24. The molecule has 24 N–H and O–H groups in total. The van der Waals surface area contributed by atoms with Gasteiger partial charge < -0.3 is 194 Å². The molecular weight excluding hydrogens is 1280 g/mol. The van der Waals surface area contributed by atoms with Crippen molar-refractivity contribution in [3.05, 3.63) is 0 Å². The fourth-order valence-electron chi connectivity index (χ4n) is 12.1. The molecule has 40 atom stereocenters. The van der Waals surface area contributed by atoms with Crippen LogP contribution in [0.3, 0.4) is 0 Å². The third-order valence-corrected chi connectivity index (χ3v) is 17.4. The fraction of sp³-hybridized carbons (Fsp3) is 0.962. The Labute approximate surface area is 527 Å². The molecule has 1 unspecified atom stereocenters. The van der Waals surface area contributed by atoms with Gasteiger partial charge in [-0.05, 0) is 13.8 Å². The van der Waals surface area contributed by atoms with Gasteiger partial charge >= 0.3 is 0 Å². The number of nitrogens with one attached hydrogen (secondary N) is 2. The molecule has 0 aliphatic carbocycles. The summed E-state index contributed by atoms with van der Waals surface area (Å²) in [7, 11) is 0. The second kappa shape index (κ2) is 32.6. The minimum Gasteiger partial charge on any atom is -0.394 e. The van der Waals surface area contributed by atoms with Crippen molar-refractivity contribution in [1.82, 2.24) is 10.6 Å². The zero-order valence-corrected chi connectivity index (χ0v) is 50.1. The molecule has 41 heteroatoms. The van der Waals surface area contributed by atoms with Crippen LogP contribution in [-0.2, 0) is 80.6 Å². The van der Waals surface area contributed by atoms with Crippen LogP contribution < -0.4 is 10.6 Å². The highest BCUT2D eigenvalue weighted by molar-refractivity contribution is 5.73. The van der Waals surface area contributed by atoms with Crippen LogP contribution >= 0.6 is 0 Å². The number of amides is 2. The Morgan fingerprint density at radius 3 is 1.18 bits per heavy atom. The molecule has 0 aromatic rings. The number of carbonyl (C=O) groups is 2. The van der Waals surface area contributed by atoms with E-state index in [1.54, 1.807) is 0 Å². The van der Waals surface area contributed by atoms with Gasteiger partial charge in [0, 0.05) is 13.8 Å². The van der Waals surface area contributed by atoms with Gasteiger partial charge in [-0.1, -0.05) is 0 Å². The van der Waals surface area contributed by atoms with Crippen molar-refractivity contribution in [1.29, 1.82) is 0 Å². The SMILES string of the molecule is CC(=O)N[C@H]1[C@H](OC[C@H]2O[C@@H](O[C@H]3[C@H](O)[C@@H](O)C(O)O[C@@H]3CO)[C@H](O)[C@@H](O[C@@H]3O[C@H](CO)[C@@H](O)[C@H](O[C@@H]4O[C@H](CO)[C@H](O)[C@H](O)[C@H]4O[C@@H]4O[C@@H](C)[C@@H](O)[C@@H](O)[C@@H]4O)[C@H]3NC(C)=O)[C@H]2O)O[C@H](CO)[C@@H](O[C@@H]2O[C@H](CO)[C@H](O)[C@H](O)[C@H]2O)[C@@H]1O[C@@H]1O[C@@H](C)[C@@H](O)[C@@H](O)[C@@H]1O. The van der Waals surface area contributed by atoms with Crippen molar-refractivity contribution < 1.29 is 193 Å². The first-order valence-electron chi connectivity index (χ1n) is 29.9. The molecule has 0 radical (unpaired) electrons. The van der Waals surface area contributed by atoms with E-state index < -0.39 is 297 Å². The topological polar surface area (TPSA) is 642 Å². The first kappa shape index (κ1) is 76.2. The predicted molar refractivity (Wildman–Crippen MR) is 285 cm³/mol. The minimum absolute atomic E-state index is 0.908. The van der Waals surface area contributed by atoms with Gasteiger partial charge in [-0.2, -0.15) is 0 Å². The third kappa shape index (κ3) is 16.4. The molecule has 8 aliphatic rings. The Morgan fingerprint density at radius 2 is 0.656 bits per heavy atom. The summed E-state index contributed by atoms with van der Waals surface area (Å²) in [6, 6.07) is -3.78. The molecule has 0 bridgehead atoms. The first-order valence-corrected chi connectivity index (χ1v) is 29.9. The van der Waals surface area contributed by atoms with Crippen LogP contribution in [0.1, 0.15) is 27.7 Å². The van der Waals surface area contributed by atoms with Gasteiger partial charge in [0.1, 0.15) is 183 Å². The molecule has 41 nitrogen and oxygen atoms in total. The Hall–Kier alpha value is -2.54. The summed E-state index contributed by atoms with van der Waals surface area (Å²) in [5.74, 6) is -1.86. The Morgan fingerprint density at radius 1 is 0.301 bits per heavy atom. The number of ether oxygens (including phenoxy) is 15. The largest absolute Gasteiger partial charge is 0.394 e. The molecule has 0 saturated carbocycles. The van der Waals surface area contributed by atoms with Crippen molar-refractivity contribution in [2.45, 2.75) is 273 Å². The fourth-order valence-corrected chi connectivity index (χ4v) is 12.1. The quantitative estimate of drug-likeness (QED) is 0.0479. The van der Waals surface area contributed by atoms with Crippen molar-refractivity contribution in [3.8, 4) is 0 Å². The summed E-state index contributed by atoms with van der Waals surface area (Å²) < 4.78 is 88.5. The predicted octanol–water partition coefficient (Wildman–Crippen LogP) is -16.1. The zero-order valence-electron chi connectivity index (χ0n) is 50.1. The molecule has 8 heterocycles. The van der Waals surface area contributed by atoms with Crippen LogP contribution in [0.15, 0.2) is 0 Å². The molecule has 0 aromatic heterocycles. The highest BCUT2D eigenvalue weighted by atomic mass is 16.8. The average Bonchev–Trinajstić information content (AvgIpc) is 0.776. The molecule has 8 aliphatic heterocycles. The molecule has 8 saturated heterocycles. The van der Waals surface area contributed by atoms with E-state index >= 15 is 0 Å². The lowest BCUT2D eigenvalue weighted by atomic mass is 9.93. The lowest BCUT2D eigenvalue weighted by molar-refractivity contribution is -0.392. The Balaban J connectivity index is 1.14. The van der Waals surface area contributed by atoms with E-state index in [0.717, 1.165) is 13.8 Å². The number of carbonyl (C=O) groups excluding carboxylic acids is 2. The molecule has 0 spiro atoms. The standard InChI is InChI=1S/C52H88N2O39/c1-11-23(62)29(68)35(74)48(80-11)91-42-22(54-14(4)61)46(86-19(9-59)40(42)89-50-37(76)31(70)25(64)15(5-55)84-50)79-10-20-28(67)43(38(77)51(87-20)88-39-18(8-58)82-45(78)34(73)33(39)72)92-47-21(53-13(3)60)41(27(66)17(7-57)83-47)90-52-44(32(71)26(65)16(6-56)85-52)93-49-36(75)30(69)24(63)12(2)81-49/h11-12,15-52,55-59,62-78H,5-10H2,1-4H3,(H,53,60)(H,54,61)/t11-,12-,15+,16+,17+,18+,19+,20+,21+,22+,23+,24+,25-,26-,27+,28-,29+,30+,31-,32-,33+,34+,35-,36-,37+,38+,39+,40+,41+,42+,43-,44+,45?,46+,47-,48-,49-,50-,51-,52-/m0/s1. The normalized spacial score (nSPS) is 51.6. The summed E-state index contributed by atoms with van der Waals surface area (Å²) in [6.07, 6.45) is -74.7. The van der Waals surface area contributed by atoms with E-state index in [-0.39, 0.29) is 0 Å². The lowest BCUT2D eigenvalue weighted by Gasteiger charge is -2.51. The van der Waals surface area contributed by atoms with Crippen LogP contribution in [0.5, 0.6) is 0 Å². The van der Waals surface area contributed by atoms with Gasteiger partial charge in [0.25, 0.3) is 0 Å². The smallest absolute Gasteiger partial charge is 0.217 e. The second-order valence-electron chi connectivity index (χ2n) is 23.9. The second-order valence-corrected chi connectivity index (χ2v) is 23.9. The van der Waals surface area contributed by atoms with Crippen molar-refractivity contribution in [2.75, 3.05) is 39.6 Å². The highest BCUT2D eigenvalue weighted by Crippen LogP contribution is 2.39. The summed E-state index contributed by atoms with van der Waals surface area (Å²) in [5, 5.41) is 244. The minimum atomic E-state index is -2.40. The third-order valence-electron chi connectivity index (χ3n) is 17.4. The van der Waals surface area contributed by atoms with Gasteiger partial charge in [-0.3, -0.25) is 9.59 Å². The molecule has 540 valence electrons. The van der Waals surface area contributed by atoms with E-state index in [1.165, 1.54) is 13.8 Å². The monoisotopic (exact) mass is 1360 g/mol. The average molecular weight is 1370 g/mol. The molecule has 8 rings (SSSR count). The van der Waals surface area contributed by atoms with Gasteiger partial charge in [0.05, 0.1) is 51.8 Å². The Kier molecular flexibility index (Phi) is 26.7. The molecule has 93 heavy (non-hydrogen) atoms. The van der Waals surface area contributed by atoms with Crippen LogP contribution in [-0.4, -0.2) is 409 Å². The lowest BCUT2D eigenvalue weighted by Crippen LogP contribution is -2.71. The van der Waals surface area contributed by atoms with Gasteiger partial charge in [-0.25, -0.2) is 0 Å². The number of rotatable bonds is 22. The van der Waals surface area contributed by atoms with Crippen molar-refractivity contribution >= 4 is 11.8 Å². The number of aliphatic hydroxyl groups excluding tert-OH is 22. The zero-order chi connectivity index (χ0) is 68.5. The molecule has 2 amide bonds. The van der Waals surface area contributed by atoms with Crippen molar-refractivity contribution in [3.63, 3.8) is 0 Å². The van der Waals surface area contributed by atoms with E-state index in [2.05, 4.69) is 10.6 Å². The first-order chi connectivity index (χ1) is 43.9. The van der Waals surface area contributed by atoms with Gasteiger partial charge in [-0.15, -0.1) is 0 Å². The summed E-state index contributed by atoms with van der Waals surface area (Å²) in [5.41, 5.74) is 0. The maximum absolute atomic E-state index is 13.2. The number of hydrogen-bond acceptors (Lipinski definition) is 39. The maximum atomic E-state index is 13.2. The van der Waals surface area contributed by atoms with Crippen LogP contribution in [0, 0.1) is 0 Å². The molecule has 8 fully saturated rings. The number of aliphatic hydroxyl groups is 22. The van der Waals surface area contributed by atoms with E-state index in [9.17, 15) is 122 Å². The maximum Gasteiger partial charge on any atom is 0.217 e. The van der Waals surface area contributed by atoms with Crippen LogP contribution in [0.25, 0.3) is 0 Å². The van der Waals surface area contributed by atoms with Gasteiger partial charge in [0.2, 0.25) is 11.8 Å². The van der Waals surface area contributed by atoms with Crippen molar-refractivity contribution in [2.24, 2.45) is 0 Å². The Bertz CT molecular complexity index is 2350. The summed E-state index contributed by atoms with van der Waals surface area (Å²) in [6.45, 7) is -1.83. The van der Waals surface area contributed by atoms with E-state index in [0.29, 0.717) is 0 Å². The summed E-state index contributed by atoms with van der Waals surface area (Å²) >= 11 is 0. The van der Waals surface area contributed by atoms with E-state index in [1.807, 2.05) is 0 Å². The highest BCUT2D eigenvalue weighted by Gasteiger charge is 2.60. The molecular formula is C52H88N2O39. The van der Waals surface area contributed by atoms with Gasteiger partial charge in [0.15, 0.2) is 50.3 Å². The summed E-state index contributed by atoms with van der Waals surface area (Å²) in [4.78, 5) is 26.4.